The number of carbonyl (C=O) groups is 2. The third kappa shape index (κ3) is 3.54. The molecule has 2 aromatic heterocycles. The Bertz CT molecular complexity index is 510. The van der Waals surface area contributed by atoms with Crippen LogP contribution < -0.4 is 0 Å². The van der Waals surface area contributed by atoms with E-state index >= 15 is 0 Å². The molecule has 0 aliphatic heterocycles. The molecule has 0 aliphatic carbocycles. The van der Waals surface area contributed by atoms with Gasteiger partial charge in [-0.15, -0.1) is 0 Å². The first-order chi connectivity index (χ1) is 9.74. The second-order valence-corrected chi connectivity index (χ2v) is 4.60. The third-order valence-electron chi connectivity index (χ3n) is 2.34. The molecule has 0 bridgehead atoms. The minimum Gasteiger partial charge on any atom is -0.466 e. The van der Waals surface area contributed by atoms with Gasteiger partial charge in [0.05, 0.1) is 12.5 Å². The molecule has 2 unspecified atom stereocenters. The summed E-state index contributed by atoms with van der Waals surface area (Å²) in [6.45, 7) is 0. The van der Waals surface area contributed by atoms with Crippen LogP contribution in [0.4, 0.5) is 0 Å². The van der Waals surface area contributed by atoms with Crippen molar-refractivity contribution in [1.82, 2.24) is 0 Å². The van der Waals surface area contributed by atoms with Crippen LogP contribution in [0.1, 0.15) is 23.7 Å². The van der Waals surface area contributed by atoms with Gasteiger partial charge in [-0.05, 0) is 24.3 Å². The highest BCUT2D eigenvalue weighted by molar-refractivity contribution is 7.33. The lowest BCUT2D eigenvalue weighted by Gasteiger charge is -2.12. The summed E-state index contributed by atoms with van der Waals surface area (Å²) in [4.78, 5) is 21.7. The van der Waals surface area contributed by atoms with Gasteiger partial charge in [-0.3, -0.25) is 23.2 Å². The Kier molecular flexibility index (Phi) is 5.06. The van der Waals surface area contributed by atoms with E-state index in [-0.39, 0.29) is 11.5 Å². The topological polar surface area (TPSA) is 96.0 Å². The van der Waals surface area contributed by atoms with Gasteiger partial charge < -0.3 is 8.83 Å². The minimum atomic E-state index is -3.09. The van der Waals surface area contributed by atoms with Gasteiger partial charge in [-0.1, -0.05) is 0 Å². The summed E-state index contributed by atoms with van der Waals surface area (Å²) in [6.07, 6.45) is 1.25. The van der Waals surface area contributed by atoms with Crippen LogP contribution in [-0.4, -0.2) is 12.6 Å². The van der Waals surface area contributed by atoms with Crippen LogP contribution in [0.15, 0.2) is 45.6 Å². The van der Waals surface area contributed by atoms with Crippen LogP contribution in [0.25, 0.3) is 0 Å². The van der Waals surface area contributed by atoms with Crippen molar-refractivity contribution in [3.8, 4) is 0 Å². The van der Waals surface area contributed by atoms with E-state index < -0.39 is 20.5 Å². The van der Waals surface area contributed by atoms with E-state index in [1.807, 2.05) is 0 Å². The van der Waals surface area contributed by atoms with Crippen LogP contribution in [-0.2, 0) is 23.2 Å². The highest BCUT2D eigenvalue weighted by Crippen LogP contribution is 2.37. The number of aldehydes is 2. The molecule has 0 saturated carbocycles. The van der Waals surface area contributed by atoms with Crippen molar-refractivity contribution in [2.24, 2.45) is 0 Å². The Hall–Kier alpha value is -1.95. The SMILES string of the molecule is O=CC(O[PH](=O)OC(C=O)c1ccco1)c1ccco1. The molecule has 2 atom stereocenters. The molecule has 0 fully saturated rings. The predicted octanol–water partition coefficient (Wildman–Crippen LogP) is 2.48. The fourth-order valence-corrected chi connectivity index (χ4v) is 2.26. The Morgan fingerprint density at radius 2 is 1.40 bits per heavy atom. The lowest BCUT2D eigenvalue weighted by atomic mass is 10.3. The van der Waals surface area contributed by atoms with E-state index in [0.717, 1.165) is 0 Å². The van der Waals surface area contributed by atoms with Gasteiger partial charge >= 0.3 is 8.25 Å². The van der Waals surface area contributed by atoms with Crippen molar-refractivity contribution in [3.63, 3.8) is 0 Å². The fourth-order valence-electron chi connectivity index (χ4n) is 1.45. The number of rotatable bonds is 8. The molecule has 0 aromatic carbocycles. The summed E-state index contributed by atoms with van der Waals surface area (Å²) >= 11 is 0. The molecular formula is C12H11O7P. The lowest BCUT2D eigenvalue weighted by molar-refractivity contribution is -0.116. The molecular weight excluding hydrogens is 287 g/mol. The van der Waals surface area contributed by atoms with Crippen LogP contribution >= 0.6 is 8.25 Å². The standard InChI is InChI=1S/C12H11O7P/c13-7-11(9-3-1-5-16-9)18-20(15)19-12(8-14)10-4-2-6-17-10/h1-8,11-12,20H. The van der Waals surface area contributed by atoms with Gasteiger partial charge in [0, 0.05) is 0 Å². The quantitative estimate of drug-likeness (QED) is 0.545. The molecule has 0 N–H and O–H groups in total. The molecule has 0 radical (unpaired) electrons. The van der Waals surface area contributed by atoms with Crippen LogP contribution in [0.3, 0.4) is 0 Å². The van der Waals surface area contributed by atoms with Crippen LogP contribution in [0, 0.1) is 0 Å². The average molecular weight is 298 g/mol. The van der Waals surface area contributed by atoms with E-state index in [0.29, 0.717) is 12.6 Å². The molecule has 2 heterocycles. The van der Waals surface area contributed by atoms with Crippen molar-refractivity contribution in [2.45, 2.75) is 12.2 Å². The molecule has 2 rings (SSSR count). The summed E-state index contributed by atoms with van der Waals surface area (Å²) in [5.41, 5.74) is 0. The predicted molar refractivity (Wildman–Crippen MR) is 66.2 cm³/mol. The second kappa shape index (κ2) is 7.00. The Balaban J connectivity index is 1.97. The summed E-state index contributed by atoms with van der Waals surface area (Å²) in [6, 6.07) is 6.12. The maximum atomic E-state index is 11.7. The van der Waals surface area contributed by atoms with E-state index in [9.17, 15) is 14.2 Å². The van der Waals surface area contributed by atoms with E-state index in [4.69, 9.17) is 17.9 Å². The normalized spacial score (nSPS) is 15.4. The number of carbonyl (C=O) groups excluding carboxylic acids is 2. The Labute approximate surface area is 114 Å². The van der Waals surface area contributed by atoms with E-state index in [1.54, 1.807) is 12.1 Å². The minimum absolute atomic E-state index is 0.197. The van der Waals surface area contributed by atoms with Gasteiger partial charge in [-0.2, -0.15) is 0 Å². The van der Waals surface area contributed by atoms with Gasteiger partial charge in [-0.25, -0.2) is 0 Å². The maximum absolute atomic E-state index is 11.7. The molecule has 20 heavy (non-hydrogen) atoms. The zero-order valence-electron chi connectivity index (χ0n) is 10.1. The molecule has 0 spiro atoms. The molecule has 106 valence electrons. The first kappa shape index (κ1) is 14.5. The number of hydrogen-bond donors (Lipinski definition) is 0. The fraction of sp³-hybridized carbons (Fsp3) is 0.167. The molecule has 2 aromatic rings. The van der Waals surface area contributed by atoms with Gasteiger partial charge in [0.1, 0.15) is 11.5 Å². The summed E-state index contributed by atoms with van der Waals surface area (Å²) in [5, 5.41) is 0. The van der Waals surface area contributed by atoms with Crippen molar-refractivity contribution in [3.05, 3.63) is 48.3 Å². The molecule has 8 heteroatoms. The van der Waals surface area contributed by atoms with E-state index in [2.05, 4.69) is 0 Å². The van der Waals surface area contributed by atoms with Gasteiger partial charge in [0.15, 0.2) is 24.8 Å². The first-order valence-electron chi connectivity index (χ1n) is 5.59. The number of furan rings is 2. The highest BCUT2D eigenvalue weighted by atomic mass is 31.1. The van der Waals surface area contributed by atoms with E-state index in [1.165, 1.54) is 24.7 Å². The van der Waals surface area contributed by atoms with Gasteiger partial charge in [0.2, 0.25) is 0 Å². The van der Waals surface area contributed by atoms with Crippen molar-refractivity contribution in [2.75, 3.05) is 0 Å². The first-order valence-corrected chi connectivity index (χ1v) is 6.81. The molecule has 7 nitrogen and oxygen atoms in total. The monoisotopic (exact) mass is 298 g/mol. The smallest absolute Gasteiger partial charge is 0.321 e. The Morgan fingerprint density at radius 3 is 1.70 bits per heavy atom. The average Bonchev–Trinajstić information content (AvgIpc) is 3.14. The lowest BCUT2D eigenvalue weighted by Crippen LogP contribution is -2.04. The summed E-state index contributed by atoms with van der Waals surface area (Å²) in [5.74, 6) is 0.394. The van der Waals surface area contributed by atoms with Gasteiger partial charge in [0.25, 0.3) is 0 Å². The Morgan fingerprint density at radius 1 is 0.950 bits per heavy atom. The highest BCUT2D eigenvalue weighted by Gasteiger charge is 2.22. The largest absolute Gasteiger partial charge is 0.466 e. The maximum Gasteiger partial charge on any atom is 0.321 e. The zero-order chi connectivity index (χ0) is 14.4. The van der Waals surface area contributed by atoms with Crippen molar-refractivity contribution >= 4 is 20.8 Å². The van der Waals surface area contributed by atoms with Crippen LogP contribution in [0.5, 0.6) is 0 Å². The molecule has 0 aliphatic rings. The molecule has 0 amide bonds. The van der Waals surface area contributed by atoms with Crippen LogP contribution in [0.2, 0.25) is 0 Å². The summed E-state index contributed by atoms with van der Waals surface area (Å²) < 4.78 is 31.5. The van der Waals surface area contributed by atoms with Crippen molar-refractivity contribution in [1.29, 1.82) is 0 Å². The second-order valence-electron chi connectivity index (χ2n) is 3.63. The molecule has 0 saturated heterocycles. The summed E-state index contributed by atoms with van der Waals surface area (Å²) in [7, 11) is -3.09. The third-order valence-corrected chi connectivity index (χ3v) is 3.23. The number of hydrogen-bond acceptors (Lipinski definition) is 7. The van der Waals surface area contributed by atoms with Crippen molar-refractivity contribution < 1.29 is 32.0 Å². The zero-order valence-corrected chi connectivity index (χ0v) is 11.1.